The first-order valence-electron chi connectivity index (χ1n) is 11.9. The molecule has 0 spiro atoms. The number of ether oxygens (including phenoxy) is 2. The van der Waals surface area contributed by atoms with Gasteiger partial charge in [-0.2, -0.15) is 0 Å². The lowest BCUT2D eigenvalue weighted by molar-refractivity contribution is -0.190. The van der Waals surface area contributed by atoms with Crippen molar-refractivity contribution in [2.24, 2.45) is 34.5 Å². The molecule has 0 heterocycles. The van der Waals surface area contributed by atoms with Crippen molar-refractivity contribution >= 4 is 29.3 Å². The number of ketones is 3. The predicted molar refractivity (Wildman–Crippen MR) is 113 cm³/mol. The van der Waals surface area contributed by atoms with E-state index in [1.165, 1.54) is 13.8 Å². The maximum Gasteiger partial charge on any atom is 0.303 e. The van der Waals surface area contributed by atoms with E-state index in [-0.39, 0.29) is 46.7 Å². The predicted octanol–water partition coefficient (Wildman–Crippen LogP) is 3.21. The number of hydrogen-bond donors (Lipinski definition) is 0. The summed E-state index contributed by atoms with van der Waals surface area (Å²) < 4.78 is 10.5. The second-order valence-corrected chi connectivity index (χ2v) is 11.0. The molecular formula is C25H34O7. The molecule has 4 rings (SSSR count). The highest BCUT2D eigenvalue weighted by Gasteiger charge is 2.65. The summed E-state index contributed by atoms with van der Waals surface area (Å²) in [5, 5.41) is 0. The van der Waals surface area contributed by atoms with Crippen LogP contribution in [0.4, 0.5) is 0 Å². The van der Waals surface area contributed by atoms with E-state index in [1.54, 1.807) is 0 Å². The summed E-state index contributed by atoms with van der Waals surface area (Å²) in [5.74, 6) is -0.944. The molecule has 7 atom stereocenters. The summed E-state index contributed by atoms with van der Waals surface area (Å²) in [6.45, 7) is 6.33. The molecular weight excluding hydrogens is 412 g/mol. The fourth-order valence-corrected chi connectivity index (χ4v) is 7.66. The topological polar surface area (TPSA) is 104 Å². The van der Waals surface area contributed by atoms with Crippen LogP contribution in [0.25, 0.3) is 0 Å². The maximum atomic E-state index is 13.5. The minimum Gasteiger partial charge on any atom is -0.458 e. The van der Waals surface area contributed by atoms with Crippen molar-refractivity contribution in [1.29, 1.82) is 0 Å². The minimum absolute atomic E-state index is 0.0907. The van der Waals surface area contributed by atoms with Crippen LogP contribution in [0.1, 0.15) is 79.1 Å². The van der Waals surface area contributed by atoms with Crippen LogP contribution in [-0.2, 0) is 33.4 Å². The van der Waals surface area contributed by atoms with E-state index in [9.17, 15) is 24.0 Å². The zero-order valence-electron chi connectivity index (χ0n) is 19.5. The van der Waals surface area contributed by atoms with Crippen LogP contribution in [0, 0.1) is 34.5 Å². The van der Waals surface area contributed by atoms with E-state index < -0.39 is 29.9 Å². The Morgan fingerprint density at radius 2 is 1.69 bits per heavy atom. The lowest BCUT2D eigenvalue weighted by atomic mass is 9.44. The highest BCUT2D eigenvalue weighted by molar-refractivity contribution is 5.93. The summed E-state index contributed by atoms with van der Waals surface area (Å²) in [6.07, 6.45) is 4.64. The van der Waals surface area contributed by atoms with Crippen molar-refractivity contribution in [3.63, 3.8) is 0 Å². The number of carbonyl (C=O) groups is 5. The van der Waals surface area contributed by atoms with E-state index >= 15 is 0 Å². The number of esters is 2. The molecule has 7 nitrogen and oxygen atoms in total. The molecule has 176 valence electrons. The third-order valence-corrected chi connectivity index (χ3v) is 9.48. The van der Waals surface area contributed by atoms with Gasteiger partial charge >= 0.3 is 11.9 Å². The van der Waals surface area contributed by atoms with E-state index in [2.05, 4.69) is 6.92 Å². The Kier molecular flexibility index (Phi) is 5.61. The monoisotopic (exact) mass is 446 g/mol. The number of rotatable bonds is 4. The van der Waals surface area contributed by atoms with Gasteiger partial charge in [-0.25, -0.2) is 0 Å². The van der Waals surface area contributed by atoms with Gasteiger partial charge in [-0.05, 0) is 61.7 Å². The first kappa shape index (κ1) is 23.1. The smallest absolute Gasteiger partial charge is 0.303 e. The number of Topliss-reactive ketones (excluding diaryl/α,β-unsaturated/α-hetero) is 3. The van der Waals surface area contributed by atoms with Crippen LogP contribution in [0.5, 0.6) is 0 Å². The van der Waals surface area contributed by atoms with E-state index in [1.807, 2.05) is 6.92 Å². The van der Waals surface area contributed by atoms with Gasteiger partial charge in [0.1, 0.15) is 11.6 Å². The number of fused-ring (bicyclic) bond motifs is 5. The molecule has 4 fully saturated rings. The van der Waals surface area contributed by atoms with Gasteiger partial charge in [-0.1, -0.05) is 13.8 Å². The Morgan fingerprint density at radius 1 is 0.969 bits per heavy atom. The van der Waals surface area contributed by atoms with Gasteiger partial charge in [0, 0.05) is 38.0 Å². The quantitative estimate of drug-likeness (QED) is 0.611. The molecule has 4 aliphatic carbocycles. The Morgan fingerprint density at radius 3 is 2.34 bits per heavy atom. The van der Waals surface area contributed by atoms with Crippen LogP contribution in [-0.4, -0.2) is 41.5 Å². The highest BCUT2D eigenvalue weighted by Crippen LogP contribution is 2.65. The fourth-order valence-electron chi connectivity index (χ4n) is 7.66. The summed E-state index contributed by atoms with van der Waals surface area (Å²) in [5.41, 5.74) is -1.89. The summed E-state index contributed by atoms with van der Waals surface area (Å²) in [6, 6.07) is 0. The third-order valence-electron chi connectivity index (χ3n) is 9.48. The number of hydrogen-bond acceptors (Lipinski definition) is 7. The molecule has 32 heavy (non-hydrogen) atoms. The van der Waals surface area contributed by atoms with Crippen LogP contribution in [0.15, 0.2) is 0 Å². The molecule has 0 amide bonds. The van der Waals surface area contributed by atoms with Crippen LogP contribution in [0.2, 0.25) is 0 Å². The van der Waals surface area contributed by atoms with Gasteiger partial charge in [0.25, 0.3) is 0 Å². The van der Waals surface area contributed by atoms with Gasteiger partial charge in [0.05, 0.1) is 0 Å². The van der Waals surface area contributed by atoms with Crippen molar-refractivity contribution in [1.82, 2.24) is 0 Å². The Bertz CT molecular complexity index is 878. The Hall–Kier alpha value is -2.05. The normalized spacial score (nSPS) is 43.0. The molecule has 0 radical (unpaired) electrons. The second kappa shape index (κ2) is 7.77. The maximum absolute atomic E-state index is 13.5. The standard InChI is InChI=1S/C25H34O7/c1-14(26)31-13-21(30)25(32-15(2)27)10-9-23(3)16(12-25)11-19(28)22-17-5-6-20(29)24(17,4)8-7-18(22)23/h16-18,22H,5-13H2,1-4H3/t16-,17+,18+,22-,23-,24-,25-/m0/s1. The zero-order valence-corrected chi connectivity index (χ0v) is 19.5. The molecule has 0 aromatic heterocycles. The first-order valence-corrected chi connectivity index (χ1v) is 11.9. The molecule has 0 aliphatic heterocycles. The average molecular weight is 447 g/mol. The highest BCUT2D eigenvalue weighted by atomic mass is 16.6. The molecule has 0 aromatic rings. The summed E-state index contributed by atoms with van der Waals surface area (Å²) in [7, 11) is 0. The van der Waals surface area contributed by atoms with Crippen molar-refractivity contribution in [3.8, 4) is 0 Å². The summed E-state index contributed by atoms with van der Waals surface area (Å²) >= 11 is 0. The Balaban J connectivity index is 1.62. The third kappa shape index (κ3) is 3.43. The molecule has 0 saturated heterocycles. The van der Waals surface area contributed by atoms with Gasteiger partial charge in [0.15, 0.2) is 12.2 Å². The zero-order chi connectivity index (χ0) is 23.5. The second-order valence-electron chi connectivity index (χ2n) is 11.0. The first-order chi connectivity index (χ1) is 14.9. The van der Waals surface area contributed by atoms with Crippen LogP contribution < -0.4 is 0 Å². The lowest BCUT2D eigenvalue weighted by Gasteiger charge is -2.60. The molecule has 7 heteroatoms. The van der Waals surface area contributed by atoms with Gasteiger partial charge < -0.3 is 9.47 Å². The van der Waals surface area contributed by atoms with Crippen LogP contribution in [0.3, 0.4) is 0 Å². The SMILES string of the molecule is CC(=O)OCC(=O)[C@]1(OC(C)=O)CC[C@@]2(C)[C@@H](CC(=O)[C@@H]3[C@H]2CC[C@]2(C)C(=O)CC[C@H]32)C1. The van der Waals surface area contributed by atoms with Crippen molar-refractivity contribution in [3.05, 3.63) is 0 Å². The van der Waals surface area contributed by atoms with E-state index in [4.69, 9.17) is 9.47 Å². The van der Waals surface area contributed by atoms with Crippen molar-refractivity contribution in [2.75, 3.05) is 6.61 Å². The van der Waals surface area contributed by atoms with Gasteiger partial charge in [-0.3, -0.25) is 24.0 Å². The molecule has 4 aliphatic rings. The fraction of sp³-hybridized carbons (Fsp3) is 0.800. The Labute approximate surface area is 189 Å². The molecule has 0 unspecified atom stereocenters. The molecule has 4 saturated carbocycles. The van der Waals surface area contributed by atoms with E-state index in [0.717, 1.165) is 19.3 Å². The molecule has 0 N–H and O–H groups in total. The largest absolute Gasteiger partial charge is 0.458 e. The molecule has 0 bridgehead atoms. The minimum atomic E-state index is -1.36. The summed E-state index contributed by atoms with van der Waals surface area (Å²) in [4.78, 5) is 62.3. The average Bonchev–Trinajstić information content (AvgIpc) is 3.01. The van der Waals surface area contributed by atoms with Crippen molar-refractivity contribution in [2.45, 2.75) is 84.7 Å². The van der Waals surface area contributed by atoms with Gasteiger partial charge in [0.2, 0.25) is 5.78 Å². The van der Waals surface area contributed by atoms with Crippen LogP contribution >= 0.6 is 0 Å². The van der Waals surface area contributed by atoms with E-state index in [0.29, 0.717) is 31.5 Å². The number of carbonyl (C=O) groups excluding carboxylic acids is 5. The molecule has 0 aromatic carbocycles. The van der Waals surface area contributed by atoms with Crippen molar-refractivity contribution < 1.29 is 33.4 Å². The lowest BCUT2D eigenvalue weighted by Crippen LogP contribution is -2.61. The van der Waals surface area contributed by atoms with Gasteiger partial charge in [-0.15, -0.1) is 0 Å².